The number of nitrogens with zero attached hydrogens (tertiary/aromatic N) is 2. The maximum atomic E-state index is 6.05. The third kappa shape index (κ3) is 2.32. The minimum Gasteiger partial charge on any atom is -0.375 e. The third-order valence-electron chi connectivity index (χ3n) is 4.94. The smallest absolute Gasteiger partial charge is 0.0686 e. The lowest BCUT2D eigenvalue weighted by molar-refractivity contribution is -0.147. The Balaban J connectivity index is 1.80. The summed E-state index contributed by atoms with van der Waals surface area (Å²) in [5, 5.41) is 8.00. The molecule has 2 aliphatic rings. The second kappa shape index (κ2) is 4.91. The highest BCUT2D eigenvalue weighted by atomic mass is 16.5. The second-order valence-corrected chi connectivity index (χ2v) is 6.24. The first-order chi connectivity index (χ1) is 9.13. The number of aromatic nitrogens is 2. The summed E-state index contributed by atoms with van der Waals surface area (Å²) < 4.78 is 8.07. The van der Waals surface area contributed by atoms with Crippen LogP contribution in [-0.2, 0) is 11.8 Å². The number of hydrogen-bond acceptors (Lipinski definition) is 3. The van der Waals surface area contributed by atoms with Gasteiger partial charge in [-0.1, -0.05) is 0 Å². The highest BCUT2D eigenvalue weighted by molar-refractivity contribution is 5.15. The molecule has 2 unspecified atom stereocenters. The summed E-state index contributed by atoms with van der Waals surface area (Å²) in [6.07, 6.45) is 6.19. The minimum atomic E-state index is 0.214. The quantitative estimate of drug-likeness (QED) is 0.910. The van der Waals surface area contributed by atoms with Gasteiger partial charge in [-0.05, 0) is 58.1 Å². The number of aryl methyl sites for hydroxylation is 2. The van der Waals surface area contributed by atoms with E-state index in [1.54, 1.807) is 0 Å². The van der Waals surface area contributed by atoms with Gasteiger partial charge in [0.25, 0.3) is 0 Å². The molecule has 0 bridgehead atoms. The van der Waals surface area contributed by atoms with E-state index >= 15 is 0 Å². The first-order valence-electron chi connectivity index (χ1n) is 7.45. The summed E-state index contributed by atoms with van der Waals surface area (Å²) in [7, 11) is 4.11. The van der Waals surface area contributed by atoms with Gasteiger partial charge in [-0.3, -0.25) is 4.68 Å². The number of rotatable bonds is 3. The molecule has 2 fully saturated rings. The molecule has 1 saturated heterocycles. The molecule has 4 nitrogen and oxygen atoms in total. The molecule has 19 heavy (non-hydrogen) atoms. The summed E-state index contributed by atoms with van der Waals surface area (Å²) in [6, 6.07) is 2.61. The number of nitrogens with one attached hydrogen (secondary N) is 1. The lowest BCUT2D eigenvalue weighted by Crippen LogP contribution is -2.47. The van der Waals surface area contributed by atoms with Gasteiger partial charge in [0.1, 0.15) is 0 Å². The van der Waals surface area contributed by atoms with Gasteiger partial charge < -0.3 is 10.1 Å². The van der Waals surface area contributed by atoms with Crippen LogP contribution in [0.3, 0.4) is 0 Å². The van der Waals surface area contributed by atoms with Crippen molar-refractivity contribution >= 4 is 0 Å². The predicted molar refractivity (Wildman–Crippen MR) is 75.0 cm³/mol. The van der Waals surface area contributed by atoms with E-state index in [-0.39, 0.29) is 5.60 Å². The fourth-order valence-corrected chi connectivity index (χ4v) is 3.82. The second-order valence-electron chi connectivity index (χ2n) is 6.24. The molecule has 2 atom stereocenters. The summed E-state index contributed by atoms with van der Waals surface area (Å²) in [5.41, 5.74) is 2.62. The summed E-state index contributed by atoms with van der Waals surface area (Å²) in [5.74, 6) is 0.661. The molecule has 1 aliphatic heterocycles. The van der Waals surface area contributed by atoms with Crippen molar-refractivity contribution in [2.45, 2.75) is 50.7 Å². The molecular formula is C15H25N3O. The Morgan fingerprint density at radius 3 is 2.84 bits per heavy atom. The third-order valence-corrected chi connectivity index (χ3v) is 4.94. The van der Waals surface area contributed by atoms with Crippen LogP contribution in [0.2, 0.25) is 0 Å². The van der Waals surface area contributed by atoms with Crippen molar-refractivity contribution in [3.8, 4) is 0 Å². The fourth-order valence-electron chi connectivity index (χ4n) is 3.82. The van der Waals surface area contributed by atoms with E-state index in [1.807, 2.05) is 11.7 Å². The Morgan fingerprint density at radius 2 is 2.32 bits per heavy atom. The molecular weight excluding hydrogens is 238 g/mol. The minimum absolute atomic E-state index is 0.214. The van der Waals surface area contributed by atoms with Gasteiger partial charge >= 0.3 is 0 Å². The van der Waals surface area contributed by atoms with Crippen molar-refractivity contribution in [1.82, 2.24) is 15.1 Å². The van der Waals surface area contributed by atoms with Gasteiger partial charge in [-0.25, -0.2) is 0 Å². The van der Waals surface area contributed by atoms with Gasteiger partial charge in [-0.2, -0.15) is 5.10 Å². The largest absolute Gasteiger partial charge is 0.375 e. The van der Waals surface area contributed by atoms with Gasteiger partial charge in [-0.15, -0.1) is 0 Å². The average Bonchev–Trinajstić information content (AvgIpc) is 2.68. The molecule has 1 spiro atoms. The molecule has 3 rings (SSSR count). The topological polar surface area (TPSA) is 39.1 Å². The van der Waals surface area contributed by atoms with Gasteiger partial charge in [0.05, 0.1) is 23.0 Å². The van der Waals surface area contributed by atoms with Crippen molar-refractivity contribution in [2.75, 3.05) is 13.7 Å². The molecule has 106 valence electrons. The van der Waals surface area contributed by atoms with Crippen LogP contribution in [0.4, 0.5) is 0 Å². The lowest BCUT2D eigenvalue weighted by Gasteiger charge is -2.48. The number of hydrogen-bond donors (Lipinski definition) is 1. The zero-order valence-electron chi connectivity index (χ0n) is 12.3. The molecule has 1 saturated carbocycles. The molecule has 2 heterocycles. The van der Waals surface area contributed by atoms with E-state index in [4.69, 9.17) is 4.74 Å². The van der Waals surface area contributed by atoms with Crippen molar-refractivity contribution in [3.05, 3.63) is 17.5 Å². The zero-order valence-corrected chi connectivity index (χ0v) is 12.3. The first-order valence-corrected chi connectivity index (χ1v) is 7.45. The van der Waals surface area contributed by atoms with Crippen molar-refractivity contribution in [2.24, 2.45) is 13.0 Å². The van der Waals surface area contributed by atoms with Gasteiger partial charge in [0.2, 0.25) is 0 Å². The summed E-state index contributed by atoms with van der Waals surface area (Å²) in [4.78, 5) is 0. The predicted octanol–water partition coefficient (Wildman–Crippen LogP) is 2.34. The van der Waals surface area contributed by atoms with E-state index in [0.717, 1.165) is 18.7 Å². The molecule has 1 aromatic heterocycles. The Labute approximate surface area is 115 Å². The molecule has 0 aromatic carbocycles. The highest BCUT2D eigenvalue weighted by Crippen LogP contribution is 2.47. The maximum Gasteiger partial charge on any atom is 0.0686 e. The molecule has 1 aliphatic carbocycles. The SMILES string of the molecule is CNC(c1cc(C)nn1C)C1CCOC2(CCC2)C1. The average molecular weight is 263 g/mol. The molecule has 4 heteroatoms. The molecule has 0 radical (unpaired) electrons. The molecule has 1 aromatic rings. The maximum absolute atomic E-state index is 6.05. The van der Waals surface area contributed by atoms with Crippen LogP contribution in [0.15, 0.2) is 6.07 Å². The Morgan fingerprint density at radius 1 is 1.53 bits per heavy atom. The lowest BCUT2D eigenvalue weighted by atomic mass is 9.70. The van der Waals surface area contributed by atoms with Crippen LogP contribution in [0, 0.1) is 12.8 Å². The van der Waals surface area contributed by atoms with E-state index in [2.05, 4.69) is 30.5 Å². The van der Waals surface area contributed by atoms with Crippen LogP contribution in [0.1, 0.15) is 49.5 Å². The fraction of sp³-hybridized carbons (Fsp3) is 0.800. The van der Waals surface area contributed by atoms with Crippen LogP contribution in [0.25, 0.3) is 0 Å². The van der Waals surface area contributed by atoms with Crippen LogP contribution in [-0.4, -0.2) is 29.0 Å². The highest BCUT2D eigenvalue weighted by Gasteiger charge is 2.44. The van der Waals surface area contributed by atoms with Gasteiger partial charge in [0, 0.05) is 13.7 Å². The van der Waals surface area contributed by atoms with Crippen molar-refractivity contribution < 1.29 is 4.74 Å². The van der Waals surface area contributed by atoms with Crippen molar-refractivity contribution in [1.29, 1.82) is 0 Å². The Hall–Kier alpha value is -0.870. The van der Waals surface area contributed by atoms with E-state index in [0.29, 0.717) is 12.0 Å². The zero-order chi connectivity index (χ0) is 13.5. The standard InChI is InChI=1S/C15H25N3O/c1-11-9-13(18(3)17-11)14(16-2)12-5-8-19-15(10-12)6-4-7-15/h9,12,14,16H,4-8,10H2,1-3H3. The Kier molecular flexibility index (Phi) is 3.39. The van der Waals surface area contributed by atoms with E-state index < -0.39 is 0 Å². The van der Waals surface area contributed by atoms with E-state index in [1.165, 1.54) is 31.4 Å². The first kappa shape index (κ1) is 13.1. The Bertz CT molecular complexity index is 450. The van der Waals surface area contributed by atoms with Crippen molar-refractivity contribution in [3.63, 3.8) is 0 Å². The van der Waals surface area contributed by atoms with Crippen LogP contribution < -0.4 is 5.32 Å². The summed E-state index contributed by atoms with van der Waals surface area (Å²) in [6.45, 7) is 2.98. The summed E-state index contributed by atoms with van der Waals surface area (Å²) >= 11 is 0. The normalized spacial score (nSPS) is 27.2. The van der Waals surface area contributed by atoms with Crippen LogP contribution in [0.5, 0.6) is 0 Å². The monoisotopic (exact) mass is 263 g/mol. The van der Waals surface area contributed by atoms with E-state index in [9.17, 15) is 0 Å². The molecule has 1 N–H and O–H groups in total. The number of ether oxygens (including phenoxy) is 1. The molecule has 0 amide bonds. The van der Waals surface area contributed by atoms with Gasteiger partial charge in [0.15, 0.2) is 0 Å². The van der Waals surface area contributed by atoms with Crippen LogP contribution >= 0.6 is 0 Å².